The smallest absolute Gasteiger partial charge is 0.243 e. The van der Waals surface area contributed by atoms with Crippen LogP contribution in [0.25, 0.3) is 0 Å². The van der Waals surface area contributed by atoms with Gasteiger partial charge in [0.25, 0.3) is 0 Å². The molecular weight excluding hydrogens is 376 g/mol. The first-order valence-electron chi connectivity index (χ1n) is 11.5. The zero-order valence-electron chi connectivity index (χ0n) is 18.8. The van der Waals surface area contributed by atoms with E-state index in [4.69, 9.17) is 0 Å². The minimum absolute atomic E-state index is 0.0196. The van der Waals surface area contributed by atoms with Crippen LogP contribution < -0.4 is 15.5 Å². The standard InChI is InChI=1S/C24H38N4O2/c1-18-7-6-10-22(17-18)28-15-13-27(14-16-28)12-11-19(2)25-24(30)23(26-20(3)29)21-8-4-5-9-21/h6-7,10,17,19,21,23H,4-5,8-9,11-16H2,1-3H3,(H,25,30)(H,26,29). The highest BCUT2D eigenvalue weighted by atomic mass is 16.2. The summed E-state index contributed by atoms with van der Waals surface area (Å²) in [5.74, 6) is 0.130. The van der Waals surface area contributed by atoms with Crippen molar-refractivity contribution >= 4 is 17.5 Å². The number of hydrogen-bond donors (Lipinski definition) is 2. The number of hydrogen-bond acceptors (Lipinski definition) is 4. The van der Waals surface area contributed by atoms with Crippen LogP contribution in [0, 0.1) is 12.8 Å². The first kappa shape index (κ1) is 22.6. The fraction of sp³-hybridized carbons (Fsp3) is 0.667. The Balaban J connectivity index is 1.41. The molecule has 2 aliphatic rings. The predicted molar refractivity (Wildman–Crippen MR) is 122 cm³/mol. The fourth-order valence-electron chi connectivity index (χ4n) is 4.74. The van der Waals surface area contributed by atoms with Crippen LogP contribution in [-0.4, -0.2) is 61.5 Å². The number of piperazine rings is 1. The average Bonchev–Trinajstić information content (AvgIpc) is 3.25. The number of nitrogens with zero attached hydrogens (tertiary/aromatic N) is 2. The van der Waals surface area contributed by atoms with Crippen LogP contribution in [0.1, 0.15) is 51.5 Å². The summed E-state index contributed by atoms with van der Waals surface area (Å²) >= 11 is 0. The number of aryl methyl sites for hydroxylation is 1. The normalized spacial score (nSPS) is 20.0. The maximum atomic E-state index is 12.8. The third kappa shape index (κ3) is 6.46. The van der Waals surface area contributed by atoms with Crippen LogP contribution in [-0.2, 0) is 9.59 Å². The number of nitrogens with one attached hydrogen (secondary N) is 2. The first-order chi connectivity index (χ1) is 14.4. The van der Waals surface area contributed by atoms with Gasteiger partial charge in [0.2, 0.25) is 11.8 Å². The lowest BCUT2D eigenvalue weighted by molar-refractivity contribution is -0.129. The van der Waals surface area contributed by atoms with E-state index in [9.17, 15) is 9.59 Å². The van der Waals surface area contributed by atoms with Crippen molar-refractivity contribution in [2.24, 2.45) is 5.92 Å². The van der Waals surface area contributed by atoms with Gasteiger partial charge in [0, 0.05) is 51.4 Å². The Bertz CT molecular complexity index is 709. The van der Waals surface area contributed by atoms with Crippen molar-refractivity contribution in [2.75, 3.05) is 37.6 Å². The zero-order chi connectivity index (χ0) is 21.5. The second-order valence-corrected chi connectivity index (χ2v) is 9.09. The van der Waals surface area contributed by atoms with Gasteiger partial charge >= 0.3 is 0 Å². The summed E-state index contributed by atoms with van der Waals surface area (Å²) in [7, 11) is 0. The molecule has 2 fully saturated rings. The summed E-state index contributed by atoms with van der Waals surface area (Å²) in [6.45, 7) is 10.9. The topological polar surface area (TPSA) is 64.7 Å². The van der Waals surface area contributed by atoms with E-state index < -0.39 is 0 Å². The molecule has 6 heteroatoms. The van der Waals surface area contributed by atoms with Gasteiger partial charge in [-0.15, -0.1) is 0 Å². The fourth-order valence-corrected chi connectivity index (χ4v) is 4.74. The Morgan fingerprint density at radius 1 is 1.10 bits per heavy atom. The molecule has 6 nitrogen and oxygen atoms in total. The number of anilines is 1. The van der Waals surface area contributed by atoms with Gasteiger partial charge in [0.1, 0.15) is 6.04 Å². The zero-order valence-corrected chi connectivity index (χ0v) is 18.8. The Morgan fingerprint density at radius 3 is 2.43 bits per heavy atom. The van der Waals surface area contributed by atoms with Crippen LogP contribution in [0.15, 0.2) is 24.3 Å². The molecule has 1 saturated carbocycles. The van der Waals surface area contributed by atoms with Crippen molar-refractivity contribution in [1.82, 2.24) is 15.5 Å². The lowest BCUT2D eigenvalue weighted by atomic mass is 9.97. The molecule has 1 heterocycles. The van der Waals surface area contributed by atoms with Gasteiger partial charge in [-0.3, -0.25) is 14.5 Å². The summed E-state index contributed by atoms with van der Waals surface area (Å²) < 4.78 is 0. The second kappa shape index (κ2) is 10.8. The van der Waals surface area contributed by atoms with E-state index in [0.717, 1.165) is 64.8 Å². The van der Waals surface area contributed by atoms with E-state index in [1.807, 2.05) is 0 Å². The molecule has 1 aromatic carbocycles. The highest BCUT2D eigenvalue weighted by Crippen LogP contribution is 2.28. The number of amides is 2. The SMILES string of the molecule is CC(=O)NC(C(=O)NC(C)CCN1CCN(c2cccc(C)c2)CC1)C1CCCC1. The molecule has 0 spiro atoms. The molecule has 1 aliphatic carbocycles. The van der Waals surface area contributed by atoms with Gasteiger partial charge in [-0.1, -0.05) is 25.0 Å². The molecular formula is C24H38N4O2. The molecule has 30 heavy (non-hydrogen) atoms. The monoisotopic (exact) mass is 414 g/mol. The molecule has 166 valence electrons. The van der Waals surface area contributed by atoms with Crippen LogP contribution in [0.2, 0.25) is 0 Å². The maximum absolute atomic E-state index is 12.8. The van der Waals surface area contributed by atoms with Crippen LogP contribution in [0.3, 0.4) is 0 Å². The average molecular weight is 415 g/mol. The maximum Gasteiger partial charge on any atom is 0.243 e. The van der Waals surface area contributed by atoms with E-state index in [-0.39, 0.29) is 29.8 Å². The van der Waals surface area contributed by atoms with Crippen LogP contribution in [0.5, 0.6) is 0 Å². The minimum atomic E-state index is -0.384. The first-order valence-corrected chi connectivity index (χ1v) is 11.5. The molecule has 0 radical (unpaired) electrons. The van der Waals surface area contributed by atoms with Crippen molar-refractivity contribution in [3.05, 3.63) is 29.8 Å². The number of rotatable bonds is 8. The quantitative estimate of drug-likeness (QED) is 0.687. The predicted octanol–water partition coefficient (Wildman–Crippen LogP) is 2.71. The number of carbonyl (C=O) groups is 2. The summed E-state index contributed by atoms with van der Waals surface area (Å²) in [6, 6.07) is 8.43. The van der Waals surface area contributed by atoms with Gasteiger partial charge in [-0.25, -0.2) is 0 Å². The van der Waals surface area contributed by atoms with Gasteiger partial charge in [-0.2, -0.15) is 0 Å². The van der Waals surface area contributed by atoms with Crippen molar-refractivity contribution in [3.8, 4) is 0 Å². The van der Waals surface area contributed by atoms with E-state index in [0.29, 0.717) is 0 Å². The van der Waals surface area contributed by atoms with E-state index in [1.165, 1.54) is 18.2 Å². The third-order valence-electron chi connectivity index (χ3n) is 6.52. The third-order valence-corrected chi connectivity index (χ3v) is 6.52. The highest BCUT2D eigenvalue weighted by molar-refractivity contribution is 5.87. The lowest BCUT2D eigenvalue weighted by Gasteiger charge is -2.36. The highest BCUT2D eigenvalue weighted by Gasteiger charge is 2.31. The minimum Gasteiger partial charge on any atom is -0.369 e. The van der Waals surface area contributed by atoms with Gasteiger partial charge in [0.05, 0.1) is 0 Å². The van der Waals surface area contributed by atoms with Crippen molar-refractivity contribution in [2.45, 2.75) is 65.0 Å². The Kier molecular flexibility index (Phi) is 8.14. The largest absolute Gasteiger partial charge is 0.369 e. The molecule has 0 aromatic heterocycles. The number of benzene rings is 1. The molecule has 2 atom stereocenters. The summed E-state index contributed by atoms with van der Waals surface area (Å²) in [5.41, 5.74) is 2.61. The van der Waals surface area contributed by atoms with Crippen molar-refractivity contribution in [1.29, 1.82) is 0 Å². The molecule has 0 bridgehead atoms. The molecule has 1 saturated heterocycles. The molecule has 2 amide bonds. The van der Waals surface area contributed by atoms with Gasteiger partial charge in [0.15, 0.2) is 0 Å². The molecule has 2 N–H and O–H groups in total. The van der Waals surface area contributed by atoms with Crippen molar-refractivity contribution in [3.63, 3.8) is 0 Å². The summed E-state index contributed by atoms with van der Waals surface area (Å²) in [4.78, 5) is 29.3. The summed E-state index contributed by atoms with van der Waals surface area (Å²) in [5, 5.41) is 6.04. The molecule has 1 aliphatic heterocycles. The second-order valence-electron chi connectivity index (χ2n) is 9.09. The van der Waals surface area contributed by atoms with Gasteiger partial charge in [-0.05, 0) is 56.7 Å². The molecule has 2 unspecified atom stereocenters. The van der Waals surface area contributed by atoms with Crippen molar-refractivity contribution < 1.29 is 9.59 Å². The van der Waals surface area contributed by atoms with E-state index >= 15 is 0 Å². The number of carbonyl (C=O) groups excluding carboxylic acids is 2. The van der Waals surface area contributed by atoms with Gasteiger partial charge < -0.3 is 15.5 Å². The Labute approximate surface area is 181 Å². The van der Waals surface area contributed by atoms with Crippen LogP contribution >= 0.6 is 0 Å². The lowest BCUT2D eigenvalue weighted by Crippen LogP contribution is -2.52. The Morgan fingerprint density at radius 2 is 1.80 bits per heavy atom. The molecule has 3 rings (SSSR count). The summed E-state index contributed by atoms with van der Waals surface area (Å²) in [6.07, 6.45) is 5.28. The molecule has 1 aromatic rings. The van der Waals surface area contributed by atoms with E-state index in [2.05, 4.69) is 58.5 Å². The Hall–Kier alpha value is -2.08. The van der Waals surface area contributed by atoms with Crippen LogP contribution in [0.4, 0.5) is 5.69 Å². The van der Waals surface area contributed by atoms with E-state index in [1.54, 1.807) is 0 Å².